The van der Waals surface area contributed by atoms with Crippen LogP contribution in [0.2, 0.25) is 0 Å². The average molecular weight is 318 g/mol. The lowest BCUT2D eigenvalue weighted by Gasteiger charge is -2.14. The fourth-order valence-corrected chi connectivity index (χ4v) is 3.67. The van der Waals surface area contributed by atoms with Gasteiger partial charge in [-0.3, -0.25) is 4.90 Å². The third-order valence-corrected chi connectivity index (χ3v) is 4.91. The van der Waals surface area contributed by atoms with Gasteiger partial charge in [-0.2, -0.15) is 0 Å². The first kappa shape index (κ1) is 15.4. The predicted molar refractivity (Wildman–Crippen MR) is 92.0 cm³/mol. The second-order valence-electron chi connectivity index (χ2n) is 5.52. The van der Waals surface area contributed by atoms with Crippen LogP contribution in [-0.2, 0) is 0 Å². The van der Waals surface area contributed by atoms with E-state index >= 15 is 0 Å². The first-order chi connectivity index (χ1) is 10.8. The van der Waals surface area contributed by atoms with E-state index in [-0.39, 0.29) is 0 Å². The minimum absolute atomic E-state index is 0.714. The summed E-state index contributed by atoms with van der Waals surface area (Å²) in [6, 6.07) is 7.94. The van der Waals surface area contributed by atoms with Crippen LogP contribution in [0.25, 0.3) is 10.9 Å². The number of pyridine rings is 1. The highest BCUT2D eigenvalue weighted by Crippen LogP contribution is 2.25. The minimum atomic E-state index is 0.714. The highest BCUT2D eigenvalue weighted by Gasteiger charge is 2.11. The number of aryl methyl sites for hydroxylation is 1. The second-order valence-corrected chi connectivity index (χ2v) is 6.59. The molecule has 0 radical (unpaired) electrons. The Bertz CT molecular complexity index is 642. The monoisotopic (exact) mass is 318 g/mol. The Morgan fingerprint density at radius 1 is 1.32 bits per heavy atom. The van der Waals surface area contributed by atoms with Gasteiger partial charge in [-0.15, -0.1) is 11.8 Å². The van der Waals surface area contributed by atoms with Gasteiger partial charge in [0, 0.05) is 36.2 Å². The largest absolute Gasteiger partial charge is 0.497 e. The van der Waals surface area contributed by atoms with Crippen LogP contribution < -0.4 is 9.47 Å². The van der Waals surface area contributed by atoms with E-state index in [0.29, 0.717) is 5.88 Å². The van der Waals surface area contributed by atoms with Crippen molar-refractivity contribution in [3.63, 3.8) is 0 Å². The second kappa shape index (κ2) is 7.20. The molecule has 0 aliphatic carbocycles. The normalized spacial score (nSPS) is 15.4. The van der Waals surface area contributed by atoms with Gasteiger partial charge in [-0.1, -0.05) is 0 Å². The molecule has 0 atom stereocenters. The smallest absolute Gasteiger partial charge is 0.214 e. The zero-order chi connectivity index (χ0) is 15.4. The van der Waals surface area contributed by atoms with E-state index in [2.05, 4.69) is 16.8 Å². The summed E-state index contributed by atoms with van der Waals surface area (Å²) >= 11 is 2.01. The van der Waals surface area contributed by atoms with Gasteiger partial charge in [0.05, 0.1) is 19.2 Å². The molecule has 0 N–H and O–H groups in total. The number of benzene rings is 1. The van der Waals surface area contributed by atoms with Crippen molar-refractivity contribution in [1.82, 2.24) is 9.88 Å². The lowest BCUT2D eigenvalue weighted by molar-refractivity contribution is 0.262. The number of hydrogen-bond acceptors (Lipinski definition) is 5. The molecule has 1 saturated heterocycles. The van der Waals surface area contributed by atoms with Gasteiger partial charge in [0.1, 0.15) is 5.75 Å². The van der Waals surface area contributed by atoms with E-state index in [1.54, 1.807) is 7.11 Å². The van der Waals surface area contributed by atoms with Crippen molar-refractivity contribution < 1.29 is 9.47 Å². The standard InChI is InChI=1S/C17H22N2O2S/c1-13-10-17(21-8-3-6-19-7-9-22-12-19)18-16-5-4-14(20-2)11-15(13)16/h4-5,10-11H,3,6-9,12H2,1-2H3. The zero-order valence-corrected chi connectivity index (χ0v) is 14.0. The van der Waals surface area contributed by atoms with E-state index in [4.69, 9.17) is 9.47 Å². The van der Waals surface area contributed by atoms with Crippen molar-refractivity contribution in [3.8, 4) is 11.6 Å². The number of aromatic nitrogens is 1. The third-order valence-electron chi connectivity index (χ3n) is 3.89. The van der Waals surface area contributed by atoms with Crippen molar-refractivity contribution in [2.75, 3.05) is 38.4 Å². The Morgan fingerprint density at radius 2 is 2.23 bits per heavy atom. The van der Waals surface area contributed by atoms with E-state index in [1.807, 2.05) is 36.0 Å². The number of nitrogens with zero attached hydrogens (tertiary/aromatic N) is 2. The molecule has 0 bridgehead atoms. The SMILES string of the molecule is COc1ccc2nc(OCCCN3CCSC3)cc(C)c2c1. The fourth-order valence-electron chi connectivity index (χ4n) is 2.64. The van der Waals surface area contributed by atoms with Crippen LogP contribution in [0.15, 0.2) is 24.3 Å². The fraction of sp³-hybridized carbons (Fsp3) is 0.471. The molecule has 0 spiro atoms. The number of hydrogen-bond donors (Lipinski definition) is 0. The van der Waals surface area contributed by atoms with E-state index in [1.165, 1.54) is 12.3 Å². The molecule has 3 rings (SSSR count). The van der Waals surface area contributed by atoms with Gasteiger partial charge in [-0.05, 0) is 37.1 Å². The summed E-state index contributed by atoms with van der Waals surface area (Å²) in [4.78, 5) is 7.06. The highest BCUT2D eigenvalue weighted by atomic mass is 32.2. The van der Waals surface area contributed by atoms with Crippen LogP contribution in [0.3, 0.4) is 0 Å². The number of fused-ring (bicyclic) bond motifs is 1. The van der Waals surface area contributed by atoms with Crippen LogP contribution in [0.4, 0.5) is 0 Å². The number of ether oxygens (including phenoxy) is 2. The number of rotatable bonds is 6. The molecule has 1 aliphatic rings. The molecule has 4 nitrogen and oxygen atoms in total. The molecular weight excluding hydrogens is 296 g/mol. The van der Waals surface area contributed by atoms with Gasteiger partial charge in [0.2, 0.25) is 5.88 Å². The molecule has 0 amide bonds. The molecular formula is C17H22N2O2S. The molecule has 1 fully saturated rings. The average Bonchev–Trinajstić information content (AvgIpc) is 3.05. The van der Waals surface area contributed by atoms with Gasteiger partial charge in [-0.25, -0.2) is 4.98 Å². The molecule has 2 heterocycles. The van der Waals surface area contributed by atoms with Crippen LogP contribution in [0, 0.1) is 6.92 Å². The quantitative estimate of drug-likeness (QED) is 0.763. The van der Waals surface area contributed by atoms with Gasteiger partial charge >= 0.3 is 0 Å². The van der Waals surface area contributed by atoms with Crippen molar-refractivity contribution >= 4 is 22.7 Å². The number of thioether (sulfide) groups is 1. The summed E-state index contributed by atoms with van der Waals surface area (Å²) in [6.45, 7) is 5.11. The van der Waals surface area contributed by atoms with Crippen LogP contribution in [0.5, 0.6) is 11.6 Å². The zero-order valence-electron chi connectivity index (χ0n) is 13.2. The number of methoxy groups -OCH3 is 1. The van der Waals surface area contributed by atoms with E-state index in [9.17, 15) is 0 Å². The maximum Gasteiger partial charge on any atom is 0.214 e. The van der Waals surface area contributed by atoms with Gasteiger partial charge in [0.15, 0.2) is 0 Å². The summed E-state index contributed by atoms with van der Waals surface area (Å²) in [5.74, 6) is 3.99. The van der Waals surface area contributed by atoms with Crippen molar-refractivity contribution in [2.24, 2.45) is 0 Å². The lowest BCUT2D eigenvalue weighted by atomic mass is 10.1. The molecule has 22 heavy (non-hydrogen) atoms. The Kier molecular flexibility index (Phi) is 5.05. The maximum atomic E-state index is 5.84. The van der Waals surface area contributed by atoms with E-state index in [0.717, 1.165) is 47.7 Å². The summed E-state index contributed by atoms with van der Waals surface area (Å²) in [6.07, 6.45) is 1.04. The third kappa shape index (κ3) is 3.65. The van der Waals surface area contributed by atoms with Crippen LogP contribution >= 0.6 is 11.8 Å². The summed E-state index contributed by atoms with van der Waals surface area (Å²) in [5.41, 5.74) is 2.11. The summed E-state index contributed by atoms with van der Waals surface area (Å²) < 4.78 is 11.1. The van der Waals surface area contributed by atoms with Gasteiger partial charge < -0.3 is 9.47 Å². The minimum Gasteiger partial charge on any atom is -0.497 e. The van der Waals surface area contributed by atoms with Crippen molar-refractivity contribution in [3.05, 3.63) is 29.8 Å². The van der Waals surface area contributed by atoms with Crippen LogP contribution in [0.1, 0.15) is 12.0 Å². The summed E-state index contributed by atoms with van der Waals surface area (Å²) in [7, 11) is 1.68. The molecule has 5 heteroatoms. The first-order valence-electron chi connectivity index (χ1n) is 7.64. The molecule has 118 valence electrons. The molecule has 1 aliphatic heterocycles. The van der Waals surface area contributed by atoms with Crippen molar-refractivity contribution in [1.29, 1.82) is 0 Å². The molecule has 2 aromatic rings. The lowest BCUT2D eigenvalue weighted by Crippen LogP contribution is -2.22. The topological polar surface area (TPSA) is 34.6 Å². The van der Waals surface area contributed by atoms with Gasteiger partial charge in [0.25, 0.3) is 0 Å². The Hall–Kier alpha value is -1.46. The predicted octanol–water partition coefficient (Wildman–Crippen LogP) is 3.33. The Morgan fingerprint density at radius 3 is 3.00 bits per heavy atom. The Labute approximate surface area is 135 Å². The highest BCUT2D eigenvalue weighted by molar-refractivity contribution is 7.99. The molecule has 1 aromatic heterocycles. The summed E-state index contributed by atoms with van der Waals surface area (Å²) in [5, 5.41) is 1.11. The molecule has 1 aromatic carbocycles. The Balaban J connectivity index is 1.61. The van der Waals surface area contributed by atoms with E-state index < -0.39 is 0 Å². The molecule has 0 unspecified atom stereocenters. The van der Waals surface area contributed by atoms with Crippen LogP contribution in [-0.4, -0.2) is 48.3 Å². The first-order valence-corrected chi connectivity index (χ1v) is 8.80. The maximum absolute atomic E-state index is 5.84. The molecule has 0 saturated carbocycles. The van der Waals surface area contributed by atoms with Crippen molar-refractivity contribution in [2.45, 2.75) is 13.3 Å².